The number of methoxy groups -OCH3 is 1. The Morgan fingerprint density at radius 2 is 2.00 bits per heavy atom. The predicted octanol–water partition coefficient (Wildman–Crippen LogP) is 2.84. The number of hydrogen-bond donors (Lipinski definition) is 2. The summed E-state index contributed by atoms with van der Waals surface area (Å²) in [6, 6.07) is 6.21. The molecule has 0 amide bonds. The summed E-state index contributed by atoms with van der Waals surface area (Å²) < 4.78 is 6.60. The van der Waals surface area contributed by atoms with Crippen molar-refractivity contribution in [3.8, 4) is 5.75 Å². The van der Waals surface area contributed by atoms with Gasteiger partial charge < -0.3 is 15.2 Å². The molecular weight excluding hydrogens is 368 g/mol. The van der Waals surface area contributed by atoms with Gasteiger partial charge in [-0.1, -0.05) is 29.8 Å². The van der Waals surface area contributed by atoms with Gasteiger partial charge in [0.05, 0.1) is 7.11 Å². The number of aliphatic hydroxyl groups is 1. The van der Waals surface area contributed by atoms with Crippen LogP contribution in [0.25, 0.3) is 0 Å². The van der Waals surface area contributed by atoms with Crippen LogP contribution in [0.3, 0.4) is 0 Å². The third kappa shape index (κ3) is 4.36. The molecule has 0 radical (unpaired) electrons. The maximum Gasteiger partial charge on any atom is 0.123 e. The highest BCUT2D eigenvalue weighted by molar-refractivity contribution is 9.10. The van der Waals surface area contributed by atoms with E-state index in [1.807, 2.05) is 12.1 Å². The van der Waals surface area contributed by atoms with Crippen molar-refractivity contribution >= 4 is 28.3 Å². The smallest absolute Gasteiger partial charge is 0.123 e. The second-order valence-corrected chi connectivity index (χ2v) is 7.14. The summed E-state index contributed by atoms with van der Waals surface area (Å²) in [6.07, 6.45) is 0. The molecule has 0 saturated carbocycles. The maximum absolute atomic E-state index is 9.89. The van der Waals surface area contributed by atoms with E-state index >= 15 is 0 Å². The summed E-state index contributed by atoms with van der Waals surface area (Å²) in [6.45, 7) is 8.27. The molecule has 2 rings (SSSR count). The van der Waals surface area contributed by atoms with Crippen LogP contribution in [0, 0.1) is 5.41 Å². The molecule has 4 nitrogen and oxygen atoms in total. The van der Waals surface area contributed by atoms with Gasteiger partial charge >= 0.3 is 0 Å². The van der Waals surface area contributed by atoms with Gasteiger partial charge in [-0.2, -0.15) is 0 Å². The van der Waals surface area contributed by atoms with Crippen LogP contribution in [-0.2, 0) is 0 Å². The molecule has 2 N–H and O–H groups in total. The lowest BCUT2D eigenvalue weighted by molar-refractivity contribution is 0.0292. The molecule has 1 atom stereocenters. The lowest BCUT2D eigenvalue weighted by Gasteiger charge is -2.43. The van der Waals surface area contributed by atoms with Crippen LogP contribution >= 0.6 is 28.3 Å². The third-order valence-corrected chi connectivity index (χ3v) is 4.64. The zero-order chi connectivity index (χ0) is 15.5. The molecule has 126 valence electrons. The molecule has 6 heteroatoms. The quantitative estimate of drug-likeness (QED) is 0.807. The summed E-state index contributed by atoms with van der Waals surface area (Å²) in [5, 5.41) is 13.3. The largest absolute Gasteiger partial charge is 0.496 e. The number of benzene rings is 1. The number of piperazine rings is 1. The highest BCUT2D eigenvalue weighted by Gasteiger charge is 2.37. The van der Waals surface area contributed by atoms with Crippen LogP contribution in [0.4, 0.5) is 0 Å². The summed E-state index contributed by atoms with van der Waals surface area (Å²) >= 11 is 3.56. The number of hydrogen-bond acceptors (Lipinski definition) is 4. The van der Waals surface area contributed by atoms with E-state index in [2.05, 4.69) is 46.1 Å². The van der Waals surface area contributed by atoms with E-state index in [1.165, 1.54) is 0 Å². The van der Waals surface area contributed by atoms with E-state index < -0.39 is 0 Å². The fraction of sp³-hybridized carbons (Fsp3) is 0.625. The molecular formula is C16H26BrClN2O2. The van der Waals surface area contributed by atoms with Gasteiger partial charge in [0, 0.05) is 54.3 Å². The molecule has 1 fully saturated rings. The van der Waals surface area contributed by atoms with E-state index in [0.717, 1.165) is 42.0 Å². The van der Waals surface area contributed by atoms with E-state index in [-0.39, 0.29) is 30.5 Å². The van der Waals surface area contributed by atoms with E-state index in [9.17, 15) is 5.11 Å². The van der Waals surface area contributed by atoms with Crippen LogP contribution < -0.4 is 10.1 Å². The second kappa shape index (κ2) is 8.50. The minimum absolute atomic E-state index is 0. The predicted molar refractivity (Wildman–Crippen MR) is 96.0 cm³/mol. The molecule has 22 heavy (non-hydrogen) atoms. The normalized spacial score (nSPS) is 17.7. The number of rotatable bonds is 5. The van der Waals surface area contributed by atoms with Crippen molar-refractivity contribution in [2.45, 2.75) is 19.9 Å². The Labute approximate surface area is 147 Å². The Morgan fingerprint density at radius 3 is 2.55 bits per heavy atom. The SMILES string of the molecule is COc1ccc(Br)cc1[C@H](N1CCNCC1)C(C)(C)CO.Cl. The van der Waals surface area contributed by atoms with Gasteiger partial charge in [0.15, 0.2) is 0 Å². The first kappa shape index (κ1) is 19.7. The van der Waals surface area contributed by atoms with Gasteiger partial charge in [-0.25, -0.2) is 0 Å². The number of ether oxygens (including phenoxy) is 1. The van der Waals surface area contributed by atoms with E-state index in [0.29, 0.717) is 0 Å². The van der Waals surface area contributed by atoms with Crippen molar-refractivity contribution in [2.24, 2.45) is 5.41 Å². The van der Waals surface area contributed by atoms with Crippen LogP contribution in [0.1, 0.15) is 25.5 Å². The van der Waals surface area contributed by atoms with Gasteiger partial charge in [0.2, 0.25) is 0 Å². The Kier molecular flexibility index (Phi) is 7.62. The first-order valence-electron chi connectivity index (χ1n) is 7.38. The molecule has 0 bridgehead atoms. The summed E-state index contributed by atoms with van der Waals surface area (Å²) in [5.74, 6) is 0.878. The molecule has 1 aromatic rings. The zero-order valence-electron chi connectivity index (χ0n) is 13.4. The lowest BCUT2D eigenvalue weighted by atomic mass is 9.79. The number of nitrogens with zero attached hydrogens (tertiary/aromatic N) is 1. The van der Waals surface area contributed by atoms with Gasteiger partial charge in [-0.3, -0.25) is 4.90 Å². The highest BCUT2D eigenvalue weighted by atomic mass is 79.9. The standard InChI is InChI=1S/C16H25BrN2O2.ClH/c1-16(2,11-20)15(19-8-6-18-7-9-19)13-10-12(17)4-5-14(13)21-3;/h4-5,10,15,18,20H,6-9,11H2,1-3H3;1H/t15-;/m0./s1. The molecule has 1 aliphatic heterocycles. The molecule has 0 unspecified atom stereocenters. The Hall–Kier alpha value is -0.330. The zero-order valence-corrected chi connectivity index (χ0v) is 15.8. The summed E-state index contributed by atoms with van der Waals surface area (Å²) in [7, 11) is 1.70. The Bertz CT molecular complexity index is 479. The van der Waals surface area contributed by atoms with Crippen molar-refractivity contribution in [3.05, 3.63) is 28.2 Å². The summed E-state index contributed by atoms with van der Waals surface area (Å²) in [4.78, 5) is 2.44. The van der Waals surface area contributed by atoms with Gasteiger partial charge in [-0.15, -0.1) is 12.4 Å². The fourth-order valence-corrected chi connectivity index (χ4v) is 3.44. The van der Waals surface area contributed by atoms with Gasteiger partial charge in [0.25, 0.3) is 0 Å². The van der Waals surface area contributed by atoms with Crippen molar-refractivity contribution in [2.75, 3.05) is 39.9 Å². The molecule has 1 aliphatic rings. The minimum Gasteiger partial charge on any atom is -0.496 e. The Morgan fingerprint density at radius 1 is 1.36 bits per heavy atom. The number of nitrogens with one attached hydrogen (secondary N) is 1. The van der Waals surface area contributed by atoms with E-state index in [1.54, 1.807) is 7.11 Å². The van der Waals surface area contributed by atoms with Crippen molar-refractivity contribution in [1.29, 1.82) is 0 Å². The molecule has 1 heterocycles. The number of halogens is 2. The average molecular weight is 394 g/mol. The lowest BCUT2D eigenvalue weighted by Crippen LogP contribution is -2.49. The second-order valence-electron chi connectivity index (χ2n) is 6.22. The first-order valence-corrected chi connectivity index (χ1v) is 8.18. The molecule has 0 aliphatic carbocycles. The first-order chi connectivity index (χ1) is 9.99. The molecule has 0 aromatic heterocycles. The molecule has 0 spiro atoms. The summed E-state index contributed by atoms with van der Waals surface area (Å²) in [5.41, 5.74) is 0.888. The van der Waals surface area contributed by atoms with Crippen LogP contribution in [0.5, 0.6) is 5.75 Å². The van der Waals surface area contributed by atoms with Gasteiger partial charge in [0.1, 0.15) is 5.75 Å². The number of aliphatic hydroxyl groups excluding tert-OH is 1. The fourth-order valence-electron chi connectivity index (χ4n) is 3.06. The van der Waals surface area contributed by atoms with Crippen LogP contribution in [-0.4, -0.2) is 49.9 Å². The van der Waals surface area contributed by atoms with E-state index in [4.69, 9.17) is 4.74 Å². The third-order valence-electron chi connectivity index (χ3n) is 4.15. The average Bonchev–Trinajstić information content (AvgIpc) is 2.48. The van der Waals surface area contributed by atoms with Crippen molar-refractivity contribution in [3.63, 3.8) is 0 Å². The Balaban J connectivity index is 0.00000242. The molecule has 1 aromatic carbocycles. The van der Waals surface area contributed by atoms with Crippen molar-refractivity contribution < 1.29 is 9.84 Å². The van der Waals surface area contributed by atoms with Crippen LogP contribution in [0.15, 0.2) is 22.7 Å². The molecule has 1 saturated heterocycles. The van der Waals surface area contributed by atoms with Crippen molar-refractivity contribution in [1.82, 2.24) is 10.2 Å². The topological polar surface area (TPSA) is 44.7 Å². The van der Waals surface area contributed by atoms with Crippen LogP contribution in [0.2, 0.25) is 0 Å². The highest BCUT2D eigenvalue weighted by Crippen LogP contribution is 2.42. The minimum atomic E-state index is -0.245. The monoisotopic (exact) mass is 392 g/mol. The van der Waals surface area contributed by atoms with Gasteiger partial charge in [-0.05, 0) is 18.2 Å². The maximum atomic E-state index is 9.89.